The third-order valence-corrected chi connectivity index (χ3v) is 4.76. The third kappa shape index (κ3) is 3.70. The number of aromatic nitrogens is 4. The zero-order valence-electron chi connectivity index (χ0n) is 16.8. The molecule has 10 nitrogen and oxygen atoms in total. The van der Waals surface area contributed by atoms with Gasteiger partial charge in [-0.2, -0.15) is 4.68 Å². The molecule has 1 aliphatic rings. The number of nitrogens with zero attached hydrogens (tertiary/aromatic N) is 4. The number of hydrogen-bond acceptors (Lipinski definition) is 9. The van der Waals surface area contributed by atoms with Crippen LogP contribution in [0.5, 0.6) is 11.5 Å². The van der Waals surface area contributed by atoms with Gasteiger partial charge in [0, 0.05) is 5.56 Å². The Hall–Kier alpha value is -4.21. The number of esters is 1. The van der Waals surface area contributed by atoms with Crippen molar-refractivity contribution in [1.82, 2.24) is 20.2 Å². The van der Waals surface area contributed by atoms with Crippen molar-refractivity contribution in [3.8, 4) is 11.5 Å². The molecule has 1 atom stereocenters. The first kappa shape index (κ1) is 20.1. The number of ketones is 1. The predicted molar refractivity (Wildman–Crippen MR) is 109 cm³/mol. The van der Waals surface area contributed by atoms with E-state index in [2.05, 4.69) is 20.8 Å². The van der Waals surface area contributed by atoms with Gasteiger partial charge >= 0.3 is 5.97 Å². The number of aromatic hydroxyl groups is 1. The van der Waals surface area contributed by atoms with E-state index >= 15 is 0 Å². The number of benzene rings is 2. The van der Waals surface area contributed by atoms with Crippen molar-refractivity contribution in [2.75, 3.05) is 19.0 Å². The van der Waals surface area contributed by atoms with E-state index in [-0.39, 0.29) is 23.0 Å². The number of allylic oxidation sites excluding steroid dienone is 1. The molecular weight excluding hydrogens is 402 g/mol. The molecule has 1 aromatic heterocycles. The van der Waals surface area contributed by atoms with E-state index in [0.717, 1.165) is 0 Å². The molecule has 31 heavy (non-hydrogen) atoms. The number of phenols is 1. The summed E-state index contributed by atoms with van der Waals surface area (Å²) >= 11 is 0. The third-order valence-electron chi connectivity index (χ3n) is 4.76. The minimum Gasteiger partial charge on any atom is -0.508 e. The van der Waals surface area contributed by atoms with Gasteiger partial charge in [-0.3, -0.25) is 4.79 Å². The smallest absolute Gasteiger partial charge is 0.355 e. The number of tetrazole rings is 1. The van der Waals surface area contributed by atoms with Crippen molar-refractivity contribution in [1.29, 1.82) is 0 Å². The molecule has 2 heterocycles. The van der Waals surface area contributed by atoms with Crippen LogP contribution < -0.4 is 10.1 Å². The average Bonchev–Trinajstić information content (AvgIpc) is 3.26. The number of carbonyl (C=O) groups is 2. The van der Waals surface area contributed by atoms with Crippen molar-refractivity contribution in [3.63, 3.8) is 0 Å². The highest BCUT2D eigenvalue weighted by atomic mass is 16.5. The summed E-state index contributed by atoms with van der Waals surface area (Å²) in [6.45, 7) is 2.36. The molecule has 1 aliphatic heterocycles. The molecular formula is C21H19N5O5. The van der Waals surface area contributed by atoms with Crippen LogP contribution in [0, 0.1) is 0 Å². The van der Waals surface area contributed by atoms with Crippen LogP contribution in [-0.2, 0) is 9.53 Å². The maximum absolute atomic E-state index is 13.6. The van der Waals surface area contributed by atoms with Crippen molar-refractivity contribution in [2.24, 2.45) is 0 Å². The Morgan fingerprint density at radius 3 is 2.65 bits per heavy atom. The maximum atomic E-state index is 13.6. The van der Waals surface area contributed by atoms with Crippen molar-refractivity contribution >= 4 is 17.7 Å². The Morgan fingerprint density at radius 2 is 1.97 bits per heavy atom. The van der Waals surface area contributed by atoms with Crippen molar-refractivity contribution in [2.45, 2.75) is 13.0 Å². The summed E-state index contributed by atoms with van der Waals surface area (Å²) in [5.74, 6) is -0.385. The lowest BCUT2D eigenvalue weighted by molar-refractivity contribution is -0.136. The molecule has 0 bridgehead atoms. The summed E-state index contributed by atoms with van der Waals surface area (Å²) in [6, 6.07) is 12.1. The number of ether oxygens (including phenoxy) is 2. The number of nitrogens with one attached hydrogen (secondary N) is 1. The number of rotatable bonds is 6. The highest BCUT2D eigenvalue weighted by molar-refractivity contribution is 6.15. The molecule has 3 aromatic rings. The first-order chi connectivity index (χ1) is 15.0. The van der Waals surface area contributed by atoms with Crippen LogP contribution in [0.4, 0.5) is 5.95 Å². The zero-order valence-corrected chi connectivity index (χ0v) is 16.8. The topological polar surface area (TPSA) is 128 Å². The molecule has 10 heteroatoms. The summed E-state index contributed by atoms with van der Waals surface area (Å²) in [6.07, 6.45) is 0. The second-order valence-corrected chi connectivity index (χ2v) is 6.64. The maximum Gasteiger partial charge on any atom is 0.355 e. The molecule has 0 amide bonds. The second kappa shape index (κ2) is 8.27. The quantitative estimate of drug-likeness (QED) is 0.454. The summed E-state index contributed by atoms with van der Waals surface area (Å²) in [5, 5.41) is 24.3. The van der Waals surface area contributed by atoms with Gasteiger partial charge in [0.25, 0.3) is 0 Å². The number of methoxy groups -OCH3 is 1. The number of hydrogen-bond donors (Lipinski definition) is 2. The summed E-state index contributed by atoms with van der Waals surface area (Å²) in [7, 11) is 1.22. The van der Waals surface area contributed by atoms with Crippen LogP contribution in [0.2, 0.25) is 0 Å². The molecule has 158 valence electrons. The van der Waals surface area contributed by atoms with Crippen molar-refractivity contribution in [3.05, 3.63) is 70.9 Å². The molecule has 0 aliphatic carbocycles. The van der Waals surface area contributed by atoms with Gasteiger partial charge in [0.1, 0.15) is 23.2 Å². The summed E-state index contributed by atoms with van der Waals surface area (Å²) in [5.41, 5.74) is 0.868. The number of carbonyl (C=O) groups excluding carboxylic acids is 2. The lowest BCUT2D eigenvalue weighted by Gasteiger charge is -2.28. The highest BCUT2D eigenvalue weighted by Gasteiger charge is 2.38. The second-order valence-electron chi connectivity index (χ2n) is 6.64. The molecule has 0 fully saturated rings. The Bertz CT molecular complexity index is 1170. The van der Waals surface area contributed by atoms with Gasteiger partial charge in [-0.1, -0.05) is 17.2 Å². The molecule has 0 unspecified atom stereocenters. The number of anilines is 1. The van der Waals surface area contributed by atoms with E-state index < -0.39 is 17.8 Å². The fourth-order valence-electron chi connectivity index (χ4n) is 3.42. The Morgan fingerprint density at radius 1 is 1.19 bits per heavy atom. The van der Waals surface area contributed by atoms with Crippen molar-refractivity contribution < 1.29 is 24.2 Å². The van der Waals surface area contributed by atoms with Crippen LogP contribution in [0.15, 0.2) is 59.8 Å². The van der Waals surface area contributed by atoms with E-state index in [0.29, 0.717) is 23.5 Å². The van der Waals surface area contributed by atoms with Gasteiger partial charge in [-0.15, -0.1) is 0 Å². The molecule has 4 rings (SSSR count). The minimum absolute atomic E-state index is 0.00172. The van der Waals surface area contributed by atoms with Gasteiger partial charge in [0.2, 0.25) is 5.95 Å². The minimum atomic E-state index is -0.869. The monoisotopic (exact) mass is 421 g/mol. The summed E-state index contributed by atoms with van der Waals surface area (Å²) in [4.78, 5) is 26.2. The van der Waals surface area contributed by atoms with Crippen LogP contribution in [-0.4, -0.2) is 50.8 Å². The van der Waals surface area contributed by atoms with Gasteiger partial charge in [-0.25, -0.2) is 4.79 Å². The van der Waals surface area contributed by atoms with E-state index in [1.165, 1.54) is 23.9 Å². The fourth-order valence-corrected chi connectivity index (χ4v) is 3.42. The van der Waals surface area contributed by atoms with E-state index in [4.69, 9.17) is 9.47 Å². The fraction of sp³-hybridized carbons (Fsp3) is 0.190. The molecule has 2 aromatic carbocycles. The molecule has 0 spiro atoms. The lowest BCUT2D eigenvalue weighted by atomic mass is 9.89. The Kier molecular flexibility index (Phi) is 5.35. The van der Waals surface area contributed by atoms with E-state index in [1.54, 1.807) is 36.4 Å². The molecule has 0 radical (unpaired) electrons. The summed E-state index contributed by atoms with van der Waals surface area (Å²) < 4.78 is 11.7. The Labute approximate surface area is 177 Å². The standard InChI is InChI=1S/C21H19N5O5/c1-3-31-15-9-7-12(8-10-15)19(28)16-17(20(29)30-2)22-21-23-24-25-26(21)18(16)13-5-4-6-14(27)11-13/h4-11,18,27H,3H2,1-2H3,(H,22,23,25)/t18-/m1/s1. The first-order valence-corrected chi connectivity index (χ1v) is 9.47. The molecule has 0 saturated heterocycles. The SMILES string of the molecule is CCOc1ccc(C(=O)C2=C(C(=O)OC)Nc3nnnn3[C@@H]2c2cccc(O)c2)cc1. The van der Waals surface area contributed by atoms with Crippen LogP contribution in [0.1, 0.15) is 28.9 Å². The van der Waals surface area contributed by atoms with Gasteiger partial charge in [0.15, 0.2) is 5.78 Å². The van der Waals surface area contributed by atoms with Gasteiger partial charge < -0.3 is 19.9 Å². The number of phenolic OH excluding ortho intramolecular Hbond substituents is 1. The first-order valence-electron chi connectivity index (χ1n) is 9.47. The van der Waals surface area contributed by atoms with Gasteiger partial charge in [0.05, 0.1) is 19.3 Å². The zero-order chi connectivity index (χ0) is 22.0. The van der Waals surface area contributed by atoms with Gasteiger partial charge in [-0.05, 0) is 59.3 Å². The molecule has 2 N–H and O–H groups in total. The normalized spacial score (nSPS) is 15.1. The predicted octanol–water partition coefficient (Wildman–Crippen LogP) is 2.10. The van der Waals surface area contributed by atoms with Crippen LogP contribution in [0.3, 0.4) is 0 Å². The Balaban J connectivity index is 1.89. The molecule has 0 saturated carbocycles. The van der Waals surface area contributed by atoms with E-state index in [9.17, 15) is 14.7 Å². The number of Topliss-reactive ketones (excluding diaryl/α,β-unsaturated/α-hetero) is 1. The highest BCUT2D eigenvalue weighted by Crippen LogP contribution is 2.37. The number of fused-ring (bicyclic) bond motifs is 1. The average molecular weight is 421 g/mol. The lowest BCUT2D eigenvalue weighted by Crippen LogP contribution is -2.32. The van der Waals surface area contributed by atoms with E-state index in [1.807, 2.05) is 6.92 Å². The largest absolute Gasteiger partial charge is 0.508 e. The van der Waals surface area contributed by atoms with Crippen LogP contribution in [0.25, 0.3) is 0 Å². The van der Waals surface area contributed by atoms with Crippen LogP contribution >= 0.6 is 0 Å².